The molecule has 2 aromatic carbocycles. The summed E-state index contributed by atoms with van der Waals surface area (Å²) in [4.78, 5) is 14.8. The van der Waals surface area contributed by atoms with E-state index < -0.39 is 17.0 Å². The summed E-state index contributed by atoms with van der Waals surface area (Å²) >= 11 is 5.94. The minimum atomic E-state index is -0.711. The number of likely N-dealkylation sites (tertiary alicyclic amines) is 1. The van der Waals surface area contributed by atoms with Crippen molar-refractivity contribution in [2.24, 2.45) is 0 Å². The van der Waals surface area contributed by atoms with Gasteiger partial charge < -0.3 is 9.64 Å². The van der Waals surface area contributed by atoms with Crippen molar-refractivity contribution in [1.29, 1.82) is 0 Å². The molecule has 0 spiro atoms. The lowest BCUT2D eigenvalue weighted by Gasteiger charge is -2.37. The van der Waals surface area contributed by atoms with Gasteiger partial charge >= 0.3 is 0 Å². The highest BCUT2D eigenvalue weighted by molar-refractivity contribution is 6.30. The van der Waals surface area contributed by atoms with E-state index in [0.29, 0.717) is 31.0 Å². The highest BCUT2D eigenvalue weighted by atomic mass is 35.5. The van der Waals surface area contributed by atoms with Crippen LogP contribution in [0.2, 0.25) is 5.02 Å². The van der Waals surface area contributed by atoms with Gasteiger partial charge in [0.1, 0.15) is 11.9 Å². The van der Waals surface area contributed by atoms with Crippen LogP contribution in [0.25, 0.3) is 0 Å². The molecule has 1 saturated heterocycles. The second-order valence-electron chi connectivity index (χ2n) is 7.32. The summed E-state index contributed by atoms with van der Waals surface area (Å²) in [6.07, 6.45) is 0.992. The summed E-state index contributed by atoms with van der Waals surface area (Å²) < 4.78 is 32.4. The van der Waals surface area contributed by atoms with E-state index in [1.54, 1.807) is 12.1 Å². The molecule has 144 valence electrons. The van der Waals surface area contributed by atoms with Gasteiger partial charge in [-0.3, -0.25) is 4.79 Å². The normalized spacial score (nSPS) is 15.7. The highest BCUT2D eigenvalue weighted by Gasteiger charge is 2.35. The molecule has 0 aromatic heterocycles. The van der Waals surface area contributed by atoms with Gasteiger partial charge in [0.2, 0.25) is 5.91 Å². The van der Waals surface area contributed by atoms with Gasteiger partial charge in [-0.25, -0.2) is 8.78 Å². The smallest absolute Gasteiger partial charge is 0.232 e. The molecule has 0 N–H and O–H groups in total. The third-order valence-corrected chi connectivity index (χ3v) is 5.27. The molecule has 0 bridgehead atoms. The van der Waals surface area contributed by atoms with Crippen molar-refractivity contribution in [2.75, 3.05) is 13.1 Å². The molecule has 1 aliphatic heterocycles. The van der Waals surface area contributed by atoms with Gasteiger partial charge in [-0.15, -0.1) is 0 Å². The Kier molecular flexibility index (Phi) is 5.70. The lowest BCUT2D eigenvalue weighted by atomic mass is 9.82. The van der Waals surface area contributed by atoms with Crippen molar-refractivity contribution >= 4 is 17.5 Å². The Labute approximate surface area is 162 Å². The summed E-state index contributed by atoms with van der Waals surface area (Å²) in [7, 11) is 0. The molecular weight excluding hydrogens is 372 g/mol. The molecule has 1 amide bonds. The van der Waals surface area contributed by atoms with E-state index in [9.17, 15) is 13.6 Å². The van der Waals surface area contributed by atoms with E-state index in [0.717, 1.165) is 11.6 Å². The van der Waals surface area contributed by atoms with Gasteiger partial charge in [0, 0.05) is 37.0 Å². The number of amides is 1. The number of ether oxygens (including phenoxy) is 1. The van der Waals surface area contributed by atoms with Gasteiger partial charge in [-0.1, -0.05) is 23.7 Å². The van der Waals surface area contributed by atoms with Crippen LogP contribution in [0.3, 0.4) is 0 Å². The Hall–Kier alpha value is -2.14. The van der Waals surface area contributed by atoms with Crippen LogP contribution in [0, 0.1) is 11.6 Å². The van der Waals surface area contributed by atoms with Crippen molar-refractivity contribution in [1.82, 2.24) is 4.90 Å². The van der Waals surface area contributed by atoms with Gasteiger partial charge in [0.05, 0.1) is 5.41 Å². The topological polar surface area (TPSA) is 29.5 Å². The fourth-order valence-electron chi connectivity index (χ4n) is 3.31. The second kappa shape index (κ2) is 7.85. The zero-order valence-corrected chi connectivity index (χ0v) is 16.1. The summed E-state index contributed by atoms with van der Waals surface area (Å²) in [6.45, 7) is 4.86. The Morgan fingerprint density at radius 1 is 1.11 bits per heavy atom. The molecule has 6 heteroatoms. The standard InChI is InChI=1S/C21H22ClF2NO2/c1-21(2,14-3-5-15(22)6-4-14)20(26)25-11-9-17(10-12-25)27-19-8-7-16(23)13-18(19)24/h3-8,13,17H,9-12H2,1-2H3. The third kappa shape index (κ3) is 4.41. The summed E-state index contributed by atoms with van der Waals surface area (Å²) in [5.74, 6) is -1.26. The number of piperidine rings is 1. The SMILES string of the molecule is CC(C)(C(=O)N1CCC(Oc2ccc(F)cc2F)CC1)c1ccc(Cl)cc1. The first-order valence-corrected chi connectivity index (χ1v) is 9.32. The summed E-state index contributed by atoms with van der Waals surface area (Å²) in [5, 5.41) is 0.632. The van der Waals surface area contributed by atoms with Crippen LogP contribution in [0.15, 0.2) is 42.5 Å². The fourth-order valence-corrected chi connectivity index (χ4v) is 3.44. The minimum absolute atomic E-state index is 0.0382. The molecule has 2 aromatic rings. The molecule has 1 fully saturated rings. The van der Waals surface area contributed by atoms with Crippen molar-refractivity contribution in [3.8, 4) is 5.75 Å². The van der Waals surface area contributed by atoms with Crippen molar-refractivity contribution in [3.05, 3.63) is 64.7 Å². The largest absolute Gasteiger partial charge is 0.487 e. The van der Waals surface area contributed by atoms with Crippen LogP contribution in [0.1, 0.15) is 32.3 Å². The van der Waals surface area contributed by atoms with Gasteiger partial charge in [0.25, 0.3) is 0 Å². The zero-order chi connectivity index (χ0) is 19.6. The molecule has 3 nitrogen and oxygen atoms in total. The monoisotopic (exact) mass is 393 g/mol. The third-order valence-electron chi connectivity index (χ3n) is 5.02. The van der Waals surface area contributed by atoms with Crippen molar-refractivity contribution in [2.45, 2.75) is 38.2 Å². The van der Waals surface area contributed by atoms with Crippen LogP contribution in [0.5, 0.6) is 5.75 Å². The fraction of sp³-hybridized carbons (Fsp3) is 0.381. The molecule has 0 aliphatic carbocycles. The Morgan fingerprint density at radius 2 is 1.74 bits per heavy atom. The molecule has 0 saturated carbocycles. The van der Waals surface area contributed by atoms with E-state index in [1.165, 1.54) is 12.1 Å². The Bertz CT molecular complexity index is 815. The lowest BCUT2D eigenvalue weighted by molar-refractivity contribution is -0.138. The number of halogens is 3. The molecule has 3 rings (SSSR count). The molecule has 27 heavy (non-hydrogen) atoms. The lowest BCUT2D eigenvalue weighted by Crippen LogP contribution is -2.48. The quantitative estimate of drug-likeness (QED) is 0.734. The van der Waals surface area contributed by atoms with Crippen molar-refractivity contribution < 1.29 is 18.3 Å². The molecule has 0 atom stereocenters. The molecule has 0 radical (unpaired) electrons. The van der Waals surface area contributed by atoms with Crippen molar-refractivity contribution in [3.63, 3.8) is 0 Å². The van der Waals surface area contributed by atoms with Crippen LogP contribution in [0.4, 0.5) is 8.78 Å². The molecule has 1 heterocycles. The van der Waals surface area contributed by atoms with Gasteiger partial charge in [0.15, 0.2) is 11.6 Å². The number of rotatable bonds is 4. The van der Waals surface area contributed by atoms with Crippen LogP contribution in [-0.2, 0) is 10.2 Å². The van der Waals surface area contributed by atoms with E-state index in [4.69, 9.17) is 16.3 Å². The molecule has 1 aliphatic rings. The number of nitrogens with zero attached hydrogens (tertiary/aromatic N) is 1. The Morgan fingerprint density at radius 3 is 2.33 bits per heavy atom. The number of hydrogen-bond donors (Lipinski definition) is 0. The number of hydrogen-bond acceptors (Lipinski definition) is 2. The van der Waals surface area contributed by atoms with E-state index in [2.05, 4.69) is 0 Å². The number of benzene rings is 2. The van der Waals surface area contributed by atoms with Crippen LogP contribution in [-0.4, -0.2) is 30.0 Å². The summed E-state index contributed by atoms with van der Waals surface area (Å²) in [6, 6.07) is 10.6. The van der Waals surface area contributed by atoms with Crippen LogP contribution < -0.4 is 4.74 Å². The number of carbonyl (C=O) groups excluding carboxylic acids is 1. The first-order chi connectivity index (χ1) is 12.8. The minimum Gasteiger partial charge on any atom is -0.487 e. The first-order valence-electron chi connectivity index (χ1n) is 8.94. The average Bonchev–Trinajstić information content (AvgIpc) is 2.64. The maximum Gasteiger partial charge on any atom is 0.232 e. The predicted octanol–water partition coefficient (Wildman–Crippen LogP) is 4.97. The number of carbonyl (C=O) groups is 1. The zero-order valence-electron chi connectivity index (χ0n) is 15.3. The molecule has 0 unspecified atom stereocenters. The summed E-state index contributed by atoms with van der Waals surface area (Å²) in [5.41, 5.74) is 0.241. The maximum absolute atomic E-state index is 13.7. The van der Waals surface area contributed by atoms with Gasteiger partial charge in [-0.05, 0) is 43.7 Å². The Balaban J connectivity index is 1.61. The maximum atomic E-state index is 13.7. The van der Waals surface area contributed by atoms with Crippen LogP contribution >= 0.6 is 11.6 Å². The first kappa shape index (κ1) is 19.6. The molecular formula is C21H22ClF2NO2. The van der Waals surface area contributed by atoms with E-state index in [-0.39, 0.29) is 17.8 Å². The van der Waals surface area contributed by atoms with Gasteiger partial charge in [-0.2, -0.15) is 0 Å². The predicted molar refractivity (Wildman–Crippen MR) is 101 cm³/mol. The van der Waals surface area contributed by atoms with E-state index >= 15 is 0 Å². The highest BCUT2D eigenvalue weighted by Crippen LogP contribution is 2.29. The van der Waals surface area contributed by atoms with E-state index in [1.807, 2.05) is 30.9 Å². The average molecular weight is 394 g/mol. The second-order valence-corrected chi connectivity index (χ2v) is 7.75.